The van der Waals surface area contributed by atoms with Crippen LogP contribution in [0, 0.1) is 0 Å². The normalized spacial score (nSPS) is 19.0. The Bertz CT molecular complexity index is 664. The average molecular weight is 318 g/mol. The Morgan fingerprint density at radius 3 is 3.04 bits per heavy atom. The van der Waals surface area contributed by atoms with Crippen molar-refractivity contribution in [3.05, 3.63) is 29.8 Å². The minimum Gasteiger partial charge on any atom is -0.462 e. The third kappa shape index (κ3) is 3.58. The molecule has 1 aliphatic heterocycles. The van der Waals surface area contributed by atoms with Gasteiger partial charge in [-0.3, -0.25) is 14.3 Å². The fourth-order valence-corrected chi connectivity index (χ4v) is 2.93. The molecule has 1 atom stereocenters. The summed E-state index contributed by atoms with van der Waals surface area (Å²) in [5.74, 6) is -0.313. The highest BCUT2D eigenvalue weighted by atomic mass is 16.5. The third-order valence-electron chi connectivity index (χ3n) is 4.16. The molecule has 8 heteroatoms. The summed E-state index contributed by atoms with van der Waals surface area (Å²) < 4.78 is 8.70. The molecule has 0 amide bonds. The highest BCUT2D eigenvalue weighted by Crippen LogP contribution is 2.22. The first kappa shape index (κ1) is 15.7. The Morgan fingerprint density at radius 2 is 2.30 bits per heavy atom. The lowest BCUT2D eigenvalue weighted by Gasteiger charge is -2.32. The zero-order chi connectivity index (χ0) is 16.2. The maximum Gasteiger partial charge on any atom is 0.341 e. The maximum absolute atomic E-state index is 11.8. The first-order valence-electron chi connectivity index (χ1n) is 7.94. The van der Waals surface area contributed by atoms with Gasteiger partial charge in [0.2, 0.25) is 0 Å². The topological polar surface area (TPSA) is 78.1 Å². The first-order chi connectivity index (χ1) is 11.2. The second-order valence-corrected chi connectivity index (χ2v) is 5.81. The van der Waals surface area contributed by atoms with Crippen LogP contribution < -0.4 is 0 Å². The molecule has 0 unspecified atom stereocenters. The molecule has 0 spiro atoms. The average Bonchev–Trinajstić information content (AvgIpc) is 3.18. The molecule has 0 N–H and O–H groups in total. The summed E-state index contributed by atoms with van der Waals surface area (Å²) in [4.78, 5) is 14.1. The summed E-state index contributed by atoms with van der Waals surface area (Å²) in [6.45, 7) is 4.95. The van der Waals surface area contributed by atoms with Crippen molar-refractivity contribution in [2.75, 3.05) is 19.7 Å². The molecule has 1 saturated heterocycles. The van der Waals surface area contributed by atoms with E-state index in [1.54, 1.807) is 30.2 Å². The monoisotopic (exact) mass is 318 g/mol. The molecule has 8 nitrogen and oxygen atoms in total. The SMILES string of the molecule is CCOC(=O)c1cnn([C@H]2CCCN(Cc3cnnn3C)C2)c1. The quantitative estimate of drug-likeness (QED) is 0.766. The zero-order valence-corrected chi connectivity index (χ0v) is 13.6. The van der Waals surface area contributed by atoms with Gasteiger partial charge in [-0.25, -0.2) is 4.79 Å². The molecule has 2 aromatic heterocycles. The van der Waals surface area contributed by atoms with E-state index in [4.69, 9.17) is 4.74 Å². The summed E-state index contributed by atoms with van der Waals surface area (Å²) in [6, 6.07) is 0.271. The Labute approximate surface area is 135 Å². The molecular weight excluding hydrogens is 296 g/mol. The Morgan fingerprint density at radius 1 is 1.43 bits per heavy atom. The highest BCUT2D eigenvalue weighted by Gasteiger charge is 2.23. The third-order valence-corrected chi connectivity index (χ3v) is 4.16. The molecule has 0 bridgehead atoms. The molecule has 23 heavy (non-hydrogen) atoms. The summed E-state index contributed by atoms with van der Waals surface area (Å²) in [6.07, 6.45) is 7.34. The number of aryl methyl sites for hydroxylation is 1. The lowest BCUT2D eigenvalue weighted by molar-refractivity contribution is 0.0526. The van der Waals surface area contributed by atoms with Gasteiger partial charge in [0.15, 0.2) is 0 Å². The molecule has 0 aromatic carbocycles. The van der Waals surface area contributed by atoms with Crippen LogP contribution in [0.2, 0.25) is 0 Å². The first-order valence-corrected chi connectivity index (χ1v) is 7.94. The summed E-state index contributed by atoms with van der Waals surface area (Å²) in [7, 11) is 1.91. The Kier molecular flexibility index (Phi) is 4.71. The van der Waals surface area contributed by atoms with Crippen molar-refractivity contribution in [2.24, 2.45) is 7.05 Å². The van der Waals surface area contributed by atoms with Gasteiger partial charge in [-0.1, -0.05) is 5.21 Å². The molecule has 3 rings (SSSR count). The molecule has 1 aliphatic rings. The number of rotatable bonds is 5. The molecule has 0 aliphatic carbocycles. The minimum atomic E-state index is -0.313. The molecular formula is C15H22N6O2. The van der Waals surface area contributed by atoms with Gasteiger partial charge < -0.3 is 4.74 Å². The van der Waals surface area contributed by atoms with Gasteiger partial charge in [-0.05, 0) is 26.3 Å². The van der Waals surface area contributed by atoms with Crippen LogP contribution in [0.5, 0.6) is 0 Å². The van der Waals surface area contributed by atoms with Gasteiger partial charge in [0.05, 0.1) is 36.3 Å². The van der Waals surface area contributed by atoms with E-state index in [2.05, 4.69) is 20.3 Å². The molecule has 3 heterocycles. The van der Waals surface area contributed by atoms with Gasteiger partial charge in [0.1, 0.15) is 0 Å². The van der Waals surface area contributed by atoms with Crippen molar-refractivity contribution in [1.82, 2.24) is 29.7 Å². The largest absolute Gasteiger partial charge is 0.462 e. The van der Waals surface area contributed by atoms with Crippen molar-refractivity contribution in [3.8, 4) is 0 Å². The molecule has 0 radical (unpaired) electrons. The number of nitrogens with zero attached hydrogens (tertiary/aromatic N) is 6. The van der Waals surface area contributed by atoms with E-state index >= 15 is 0 Å². The van der Waals surface area contributed by atoms with Crippen molar-refractivity contribution in [3.63, 3.8) is 0 Å². The molecule has 2 aromatic rings. The lowest BCUT2D eigenvalue weighted by atomic mass is 10.1. The van der Waals surface area contributed by atoms with Crippen molar-refractivity contribution in [2.45, 2.75) is 32.4 Å². The van der Waals surface area contributed by atoms with Gasteiger partial charge in [0.25, 0.3) is 0 Å². The summed E-state index contributed by atoms with van der Waals surface area (Å²) in [5, 5.41) is 12.2. The molecule has 124 valence electrons. The van der Waals surface area contributed by atoms with E-state index in [-0.39, 0.29) is 12.0 Å². The fraction of sp³-hybridized carbons (Fsp3) is 0.600. The number of ether oxygens (including phenoxy) is 1. The number of carbonyl (C=O) groups is 1. The summed E-state index contributed by atoms with van der Waals surface area (Å²) >= 11 is 0. The smallest absolute Gasteiger partial charge is 0.341 e. The number of piperidine rings is 1. The van der Waals surface area contributed by atoms with E-state index in [1.165, 1.54) is 0 Å². The van der Waals surface area contributed by atoms with Crippen LogP contribution >= 0.6 is 0 Å². The molecule has 1 fully saturated rings. The summed E-state index contributed by atoms with van der Waals surface area (Å²) in [5.41, 5.74) is 1.61. The minimum absolute atomic E-state index is 0.271. The van der Waals surface area contributed by atoms with Gasteiger partial charge >= 0.3 is 5.97 Å². The van der Waals surface area contributed by atoms with Crippen LogP contribution in [0.3, 0.4) is 0 Å². The number of esters is 1. The number of aromatic nitrogens is 5. The Balaban J connectivity index is 1.64. The lowest BCUT2D eigenvalue weighted by Crippen LogP contribution is -2.36. The maximum atomic E-state index is 11.8. The van der Waals surface area contributed by atoms with E-state index in [0.717, 1.165) is 38.2 Å². The van der Waals surface area contributed by atoms with Crippen molar-refractivity contribution >= 4 is 5.97 Å². The second kappa shape index (κ2) is 6.91. The Hall–Kier alpha value is -2.22. The second-order valence-electron chi connectivity index (χ2n) is 5.81. The van der Waals surface area contributed by atoms with Crippen LogP contribution in [-0.4, -0.2) is 55.3 Å². The number of hydrogen-bond acceptors (Lipinski definition) is 6. The van der Waals surface area contributed by atoms with Crippen LogP contribution in [0.4, 0.5) is 0 Å². The predicted molar refractivity (Wildman–Crippen MR) is 82.7 cm³/mol. The van der Waals surface area contributed by atoms with Gasteiger partial charge in [0, 0.05) is 26.3 Å². The predicted octanol–water partition coefficient (Wildman–Crippen LogP) is 1.03. The van der Waals surface area contributed by atoms with Crippen LogP contribution in [0.1, 0.15) is 41.9 Å². The van der Waals surface area contributed by atoms with Gasteiger partial charge in [-0.15, -0.1) is 5.10 Å². The van der Waals surface area contributed by atoms with Crippen molar-refractivity contribution in [1.29, 1.82) is 0 Å². The molecule has 0 saturated carbocycles. The highest BCUT2D eigenvalue weighted by molar-refractivity contribution is 5.88. The number of hydrogen-bond donors (Lipinski definition) is 0. The standard InChI is InChI=1S/C15H22N6O2/c1-3-23-15(22)12-7-17-21(9-12)13-5-4-6-20(10-13)11-14-8-16-18-19(14)2/h7-9,13H,3-6,10-11H2,1-2H3/t13-/m0/s1. The number of likely N-dealkylation sites (tertiary alicyclic amines) is 1. The fourth-order valence-electron chi connectivity index (χ4n) is 2.93. The van der Waals surface area contributed by atoms with Crippen molar-refractivity contribution < 1.29 is 9.53 Å². The van der Waals surface area contributed by atoms with E-state index in [1.807, 2.05) is 11.7 Å². The van der Waals surface area contributed by atoms with Crippen LogP contribution in [-0.2, 0) is 18.3 Å². The van der Waals surface area contributed by atoms with Crippen LogP contribution in [0.25, 0.3) is 0 Å². The van der Waals surface area contributed by atoms with E-state index in [9.17, 15) is 4.79 Å². The van der Waals surface area contributed by atoms with E-state index < -0.39 is 0 Å². The van der Waals surface area contributed by atoms with E-state index in [0.29, 0.717) is 12.2 Å². The van der Waals surface area contributed by atoms with Crippen LogP contribution in [0.15, 0.2) is 18.6 Å². The zero-order valence-electron chi connectivity index (χ0n) is 13.6. The number of carbonyl (C=O) groups excluding carboxylic acids is 1. The van der Waals surface area contributed by atoms with Gasteiger partial charge in [-0.2, -0.15) is 5.10 Å².